The van der Waals surface area contributed by atoms with Crippen LogP contribution in [0.1, 0.15) is 30.5 Å². The van der Waals surface area contributed by atoms with E-state index in [1.807, 2.05) is 17.8 Å². The van der Waals surface area contributed by atoms with Gasteiger partial charge in [-0.05, 0) is 18.6 Å². The minimum absolute atomic E-state index is 0.0367. The van der Waals surface area contributed by atoms with Crippen molar-refractivity contribution in [2.24, 2.45) is 5.73 Å². The fourth-order valence-electron chi connectivity index (χ4n) is 2.57. The Bertz CT molecular complexity index is 414. The van der Waals surface area contributed by atoms with Gasteiger partial charge in [-0.25, -0.2) is 8.78 Å². The van der Waals surface area contributed by atoms with Crippen LogP contribution < -0.4 is 5.73 Å². The van der Waals surface area contributed by atoms with Gasteiger partial charge in [0.25, 0.3) is 6.43 Å². The molecule has 0 aliphatic carbocycles. The van der Waals surface area contributed by atoms with E-state index >= 15 is 0 Å². The summed E-state index contributed by atoms with van der Waals surface area (Å²) in [4.78, 5) is 2.33. The van der Waals surface area contributed by atoms with Crippen molar-refractivity contribution >= 4 is 11.8 Å². The molecule has 19 heavy (non-hydrogen) atoms. The van der Waals surface area contributed by atoms with Gasteiger partial charge in [-0.1, -0.05) is 18.2 Å². The summed E-state index contributed by atoms with van der Waals surface area (Å²) in [6, 6.07) is 7.13. The van der Waals surface area contributed by atoms with Gasteiger partial charge in [0, 0.05) is 42.2 Å². The lowest BCUT2D eigenvalue weighted by atomic mass is 10.0. The Morgan fingerprint density at radius 2 is 2.16 bits per heavy atom. The number of hydrogen-bond donors (Lipinski definition) is 1. The van der Waals surface area contributed by atoms with Crippen LogP contribution in [-0.2, 0) is 0 Å². The zero-order valence-electron chi connectivity index (χ0n) is 11.1. The van der Waals surface area contributed by atoms with E-state index in [9.17, 15) is 8.78 Å². The lowest BCUT2D eigenvalue weighted by Crippen LogP contribution is -2.45. The molecule has 0 bridgehead atoms. The van der Waals surface area contributed by atoms with Gasteiger partial charge >= 0.3 is 0 Å². The molecule has 0 saturated carbocycles. The van der Waals surface area contributed by atoms with Gasteiger partial charge in [0.05, 0.1) is 0 Å². The van der Waals surface area contributed by atoms with Crippen LogP contribution >= 0.6 is 11.8 Å². The van der Waals surface area contributed by atoms with Crippen LogP contribution in [0, 0.1) is 0 Å². The Labute approximate surface area is 117 Å². The van der Waals surface area contributed by atoms with Crippen molar-refractivity contribution < 1.29 is 8.78 Å². The predicted molar refractivity (Wildman–Crippen MR) is 76.7 cm³/mol. The Hall–Kier alpha value is -0.650. The second-order valence-electron chi connectivity index (χ2n) is 4.88. The molecular weight excluding hydrogens is 266 g/mol. The molecule has 106 valence electrons. The summed E-state index contributed by atoms with van der Waals surface area (Å²) in [5, 5.41) is 0. The Balaban J connectivity index is 2.23. The summed E-state index contributed by atoms with van der Waals surface area (Å²) < 4.78 is 25.6. The van der Waals surface area contributed by atoms with Crippen LogP contribution in [0.3, 0.4) is 0 Å². The number of benzene rings is 1. The summed E-state index contributed by atoms with van der Waals surface area (Å²) in [6.45, 7) is 3.60. The van der Waals surface area contributed by atoms with E-state index in [0.717, 1.165) is 23.6 Å². The normalized spacial score (nSPS) is 22.7. The zero-order chi connectivity index (χ0) is 13.8. The first-order valence-corrected chi connectivity index (χ1v) is 7.70. The minimum atomic E-state index is -2.42. The molecule has 1 aliphatic heterocycles. The summed E-state index contributed by atoms with van der Waals surface area (Å²) in [5.41, 5.74) is 6.87. The maximum atomic E-state index is 12.8. The molecule has 1 fully saturated rings. The summed E-state index contributed by atoms with van der Waals surface area (Å²) >= 11 is 1.94. The topological polar surface area (TPSA) is 29.3 Å². The first-order chi connectivity index (χ1) is 9.13. The van der Waals surface area contributed by atoms with Gasteiger partial charge in [-0.3, -0.25) is 4.90 Å². The van der Waals surface area contributed by atoms with Gasteiger partial charge in [0.1, 0.15) is 0 Å². The molecule has 0 radical (unpaired) electrons. The zero-order valence-corrected chi connectivity index (χ0v) is 11.9. The molecule has 1 saturated heterocycles. The number of nitrogens with zero attached hydrogens (tertiary/aromatic N) is 1. The molecule has 1 aliphatic rings. The second kappa shape index (κ2) is 6.68. The summed E-state index contributed by atoms with van der Waals surface area (Å²) in [6.07, 6.45) is -2.42. The molecule has 2 atom stereocenters. The highest BCUT2D eigenvalue weighted by Gasteiger charge is 2.27. The molecular formula is C14H20F2N2S. The van der Waals surface area contributed by atoms with Crippen LogP contribution in [0.25, 0.3) is 0 Å². The number of halogens is 2. The maximum absolute atomic E-state index is 12.8. The van der Waals surface area contributed by atoms with E-state index in [1.54, 1.807) is 12.1 Å². The molecule has 1 heterocycles. The second-order valence-corrected chi connectivity index (χ2v) is 6.03. The Morgan fingerprint density at radius 1 is 1.42 bits per heavy atom. The fourth-order valence-corrected chi connectivity index (χ4v) is 3.61. The van der Waals surface area contributed by atoms with Crippen molar-refractivity contribution in [1.29, 1.82) is 0 Å². The van der Waals surface area contributed by atoms with Gasteiger partial charge in [-0.2, -0.15) is 11.8 Å². The molecule has 0 amide bonds. The first-order valence-electron chi connectivity index (χ1n) is 6.55. The number of hydrogen-bond acceptors (Lipinski definition) is 3. The van der Waals surface area contributed by atoms with Crippen molar-refractivity contribution in [3.05, 3.63) is 35.4 Å². The van der Waals surface area contributed by atoms with Crippen LogP contribution in [-0.4, -0.2) is 35.5 Å². The third-order valence-electron chi connectivity index (χ3n) is 3.59. The fraction of sp³-hybridized carbons (Fsp3) is 0.571. The van der Waals surface area contributed by atoms with E-state index < -0.39 is 6.43 Å². The first kappa shape index (κ1) is 14.8. The monoisotopic (exact) mass is 286 g/mol. The number of rotatable bonds is 4. The Morgan fingerprint density at radius 3 is 2.79 bits per heavy atom. The van der Waals surface area contributed by atoms with E-state index in [4.69, 9.17) is 5.73 Å². The van der Waals surface area contributed by atoms with E-state index in [-0.39, 0.29) is 11.6 Å². The lowest BCUT2D eigenvalue weighted by Gasteiger charge is -2.39. The van der Waals surface area contributed by atoms with Crippen molar-refractivity contribution in [1.82, 2.24) is 4.90 Å². The third kappa shape index (κ3) is 3.46. The van der Waals surface area contributed by atoms with E-state index in [2.05, 4.69) is 11.8 Å². The SMILES string of the molecule is CC1CSCCN1C(CN)c1cccc(C(F)F)c1. The molecule has 1 aromatic carbocycles. The summed E-state index contributed by atoms with van der Waals surface area (Å²) in [5.74, 6) is 2.15. The van der Waals surface area contributed by atoms with Crippen LogP contribution in [0.4, 0.5) is 8.78 Å². The van der Waals surface area contributed by atoms with Gasteiger partial charge < -0.3 is 5.73 Å². The van der Waals surface area contributed by atoms with Crippen molar-refractivity contribution in [2.75, 3.05) is 24.6 Å². The van der Waals surface area contributed by atoms with E-state index in [0.29, 0.717) is 12.6 Å². The molecule has 1 aromatic rings. The number of alkyl halides is 2. The van der Waals surface area contributed by atoms with Crippen LogP contribution in [0.5, 0.6) is 0 Å². The molecule has 0 aromatic heterocycles. The number of thioether (sulfide) groups is 1. The highest BCUT2D eigenvalue weighted by Crippen LogP contribution is 2.29. The van der Waals surface area contributed by atoms with Crippen molar-refractivity contribution in [2.45, 2.75) is 25.4 Å². The third-order valence-corrected chi connectivity index (χ3v) is 4.78. The molecule has 2 unspecified atom stereocenters. The smallest absolute Gasteiger partial charge is 0.263 e. The molecule has 2 nitrogen and oxygen atoms in total. The van der Waals surface area contributed by atoms with Crippen molar-refractivity contribution in [3.63, 3.8) is 0 Å². The predicted octanol–water partition coefficient (Wildman–Crippen LogP) is 3.06. The van der Waals surface area contributed by atoms with E-state index in [1.165, 1.54) is 6.07 Å². The average molecular weight is 286 g/mol. The van der Waals surface area contributed by atoms with Gasteiger partial charge in [0.2, 0.25) is 0 Å². The number of nitrogens with two attached hydrogens (primary N) is 1. The molecule has 0 spiro atoms. The standard InChI is InChI=1S/C14H20F2N2S/c1-10-9-19-6-5-18(10)13(8-17)11-3-2-4-12(7-11)14(15)16/h2-4,7,10,13-14H,5-6,8-9,17H2,1H3. The van der Waals surface area contributed by atoms with Gasteiger partial charge in [0.15, 0.2) is 0 Å². The summed E-state index contributed by atoms with van der Waals surface area (Å²) in [7, 11) is 0. The Kier molecular flexibility index (Phi) is 5.19. The van der Waals surface area contributed by atoms with Crippen molar-refractivity contribution in [3.8, 4) is 0 Å². The molecule has 2 N–H and O–H groups in total. The lowest BCUT2D eigenvalue weighted by molar-refractivity contribution is 0.149. The average Bonchev–Trinajstić information content (AvgIpc) is 2.42. The van der Waals surface area contributed by atoms with Gasteiger partial charge in [-0.15, -0.1) is 0 Å². The molecule has 5 heteroatoms. The minimum Gasteiger partial charge on any atom is -0.329 e. The quantitative estimate of drug-likeness (QED) is 0.922. The molecule has 2 rings (SSSR count). The largest absolute Gasteiger partial charge is 0.329 e. The van der Waals surface area contributed by atoms with Crippen LogP contribution in [0.2, 0.25) is 0 Å². The maximum Gasteiger partial charge on any atom is 0.263 e. The highest BCUT2D eigenvalue weighted by atomic mass is 32.2. The highest BCUT2D eigenvalue weighted by molar-refractivity contribution is 7.99. The van der Waals surface area contributed by atoms with Crippen LogP contribution in [0.15, 0.2) is 24.3 Å².